The number of anilines is 2. The highest BCUT2D eigenvalue weighted by atomic mass is 32.2. The number of aryl methyl sites for hydroxylation is 2. The number of rotatable bonds is 6. The minimum Gasteiger partial charge on any atom is -0.374 e. The fourth-order valence-electron chi connectivity index (χ4n) is 3.30. The molecule has 0 saturated carbocycles. The molecular formula is C20H25N3O3S. The Hall–Kier alpha value is -2.38. The van der Waals surface area contributed by atoms with Gasteiger partial charge >= 0.3 is 0 Å². The number of sulfonamides is 1. The molecule has 6 nitrogen and oxygen atoms in total. The molecule has 1 heterocycles. The second kappa shape index (κ2) is 8.10. The number of carbonyl (C=O) groups is 1. The Morgan fingerprint density at radius 2 is 1.89 bits per heavy atom. The Morgan fingerprint density at radius 1 is 1.15 bits per heavy atom. The zero-order valence-corrected chi connectivity index (χ0v) is 16.5. The van der Waals surface area contributed by atoms with Crippen LogP contribution < -0.4 is 14.9 Å². The van der Waals surface area contributed by atoms with E-state index in [1.807, 2.05) is 6.07 Å². The van der Waals surface area contributed by atoms with Gasteiger partial charge in [0.05, 0.1) is 4.90 Å². The molecule has 0 aromatic heterocycles. The number of fused-ring (bicyclic) bond motifs is 1. The first-order valence-electron chi connectivity index (χ1n) is 9.05. The lowest BCUT2D eigenvalue weighted by atomic mass is 10.0. The second-order valence-corrected chi connectivity index (χ2v) is 8.65. The van der Waals surface area contributed by atoms with Gasteiger partial charge in [-0.2, -0.15) is 0 Å². The van der Waals surface area contributed by atoms with Gasteiger partial charge in [0.15, 0.2) is 0 Å². The predicted molar refractivity (Wildman–Crippen MR) is 108 cm³/mol. The number of amides is 1. The van der Waals surface area contributed by atoms with Gasteiger partial charge in [-0.05, 0) is 67.8 Å². The van der Waals surface area contributed by atoms with Gasteiger partial charge in [-0.3, -0.25) is 4.79 Å². The average molecular weight is 388 g/mol. The van der Waals surface area contributed by atoms with Crippen LogP contribution in [0.2, 0.25) is 0 Å². The Kier molecular flexibility index (Phi) is 5.82. The number of nitrogens with zero attached hydrogens (tertiary/aromatic N) is 1. The fourth-order valence-corrected chi connectivity index (χ4v) is 4.03. The second-order valence-electron chi connectivity index (χ2n) is 6.77. The summed E-state index contributed by atoms with van der Waals surface area (Å²) in [5.74, 6) is -0.0500. The standard InChI is InChI=1S/C20H25N3O3S/c1-21-27(25,26)18-9-5-15(6-10-18)7-12-20(24)22-17-8-11-19-16(14-17)4-3-13-23(19)2/h5-6,8-11,14,21H,3-4,7,12-13H2,1-2H3,(H,22,24). The van der Waals surface area contributed by atoms with Gasteiger partial charge in [-0.15, -0.1) is 0 Å². The van der Waals surface area contributed by atoms with E-state index in [-0.39, 0.29) is 10.8 Å². The van der Waals surface area contributed by atoms with Crippen molar-refractivity contribution in [2.45, 2.75) is 30.6 Å². The lowest BCUT2D eigenvalue weighted by Gasteiger charge is -2.27. The van der Waals surface area contributed by atoms with Crippen LogP contribution in [-0.4, -0.2) is 35.0 Å². The molecule has 0 atom stereocenters. The van der Waals surface area contributed by atoms with E-state index < -0.39 is 10.0 Å². The van der Waals surface area contributed by atoms with Crippen molar-refractivity contribution in [1.82, 2.24) is 4.72 Å². The molecule has 0 radical (unpaired) electrons. The molecule has 7 heteroatoms. The molecular weight excluding hydrogens is 362 g/mol. The third kappa shape index (κ3) is 4.67. The number of benzene rings is 2. The van der Waals surface area contributed by atoms with Crippen LogP contribution in [-0.2, 0) is 27.7 Å². The van der Waals surface area contributed by atoms with Crippen molar-refractivity contribution in [2.75, 3.05) is 30.9 Å². The van der Waals surface area contributed by atoms with Crippen molar-refractivity contribution < 1.29 is 13.2 Å². The van der Waals surface area contributed by atoms with Crippen LogP contribution in [0, 0.1) is 0 Å². The van der Waals surface area contributed by atoms with Gasteiger partial charge in [0, 0.05) is 31.4 Å². The molecule has 0 bridgehead atoms. The van der Waals surface area contributed by atoms with E-state index in [9.17, 15) is 13.2 Å². The molecule has 0 saturated heterocycles. The van der Waals surface area contributed by atoms with Crippen LogP contribution in [0.4, 0.5) is 11.4 Å². The highest BCUT2D eigenvalue weighted by Gasteiger charge is 2.14. The molecule has 2 aromatic carbocycles. The molecule has 0 spiro atoms. The Morgan fingerprint density at radius 3 is 2.59 bits per heavy atom. The van der Waals surface area contributed by atoms with Crippen LogP contribution in [0.1, 0.15) is 24.0 Å². The summed E-state index contributed by atoms with van der Waals surface area (Å²) in [5, 5.41) is 2.96. The number of hydrogen-bond donors (Lipinski definition) is 2. The lowest BCUT2D eigenvalue weighted by Crippen LogP contribution is -2.24. The minimum atomic E-state index is -3.43. The first kappa shape index (κ1) is 19.4. The molecule has 1 aliphatic heterocycles. The average Bonchev–Trinajstić information content (AvgIpc) is 2.67. The molecule has 27 heavy (non-hydrogen) atoms. The van der Waals surface area contributed by atoms with E-state index in [2.05, 4.69) is 34.1 Å². The van der Waals surface area contributed by atoms with Crippen LogP contribution in [0.5, 0.6) is 0 Å². The van der Waals surface area contributed by atoms with Crippen molar-refractivity contribution in [3.8, 4) is 0 Å². The van der Waals surface area contributed by atoms with Gasteiger partial charge in [-0.25, -0.2) is 13.1 Å². The fraction of sp³-hybridized carbons (Fsp3) is 0.350. The Bertz CT molecular complexity index is 924. The maximum atomic E-state index is 12.3. The first-order chi connectivity index (χ1) is 12.9. The highest BCUT2D eigenvalue weighted by Crippen LogP contribution is 2.28. The topological polar surface area (TPSA) is 78.5 Å². The smallest absolute Gasteiger partial charge is 0.240 e. The van der Waals surface area contributed by atoms with E-state index in [0.29, 0.717) is 12.8 Å². The first-order valence-corrected chi connectivity index (χ1v) is 10.5. The summed E-state index contributed by atoms with van der Waals surface area (Å²) < 4.78 is 25.7. The molecule has 3 rings (SSSR count). The Labute approximate surface area is 160 Å². The molecule has 144 valence electrons. The third-order valence-corrected chi connectivity index (χ3v) is 6.29. The maximum absolute atomic E-state index is 12.3. The van der Waals surface area contributed by atoms with Crippen LogP contribution in [0.25, 0.3) is 0 Å². The lowest BCUT2D eigenvalue weighted by molar-refractivity contribution is -0.116. The minimum absolute atomic E-state index is 0.0500. The van der Waals surface area contributed by atoms with Gasteiger partial charge < -0.3 is 10.2 Å². The number of nitrogens with one attached hydrogen (secondary N) is 2. The molecule has 2 aromatic rings. The SMILES string of the molecule is CNS(=O)(=O)c1ccc(CCC(=O)Nc2ccc3c(c2)CCCN3C)cc1. The normalized spacial score (nSPS) is 13.9. The summed E-state index contributed by atoms with van der Waals surface area (Å²) in [6.07, 6.45) is 3.06. The zero-order chi connectivity index (χ0) is 19.4. The molecule has 1 aliphatic rings. The van der Waals surface area contributed by atoms with E-state index in [1.165, 1.54) is 18.3 Å². The van der Waals surface area contributed by atoms with Crippen molar-refractivity contribution in [2.24, 2.45) is 0 Å². The summed E-state index contributed by atoms with van der Waals surface area (Å²) in [6.45, 7) is 1.06. The summed E-state index contributed by atoms with van der Waals surface area (Å²) in [6, 6.07) is 12.7. The Balaban J connectivity index is 1.57. The van der Waals surface area contributed by atoms with Gasteiger partial charge in [0.25, 0.3) is 0 Å². The third-order valence-electron chi connectivity index (χ3n) is 4.86. The quantitative estimate of drug-likeness (QED) is 0.798. The summed E-state index contributed by atoms with van der Waals surface area (Å²) in [5.41, 5.74) is 4.25. The monoisotopic (exact) mass is 387 g/mol. The molecule has 0 unspecified atom stereocenters. The van der Waals surface area contributed by atoms with Crippen molar-refractivity contribution in [3.05, 3.63) is 53.6 Å². The van der Waals surface area contributed by atoms with E-state index in [1.54, 1.807) is 24.3 Å². The molecule has 0 aliphatic carbocycles. The van der Waals surface area contributed by atoms with Crippen LogP contribution in [0.15, 0.2) is 47.4 Å². The van der Waals surface area contributed by atoms with Gasteiger partial charge in [-0.1, -0.05) is 12.1 Å². The molecule has 2 N–H and O–H groups in total. The van der Waals surface area contributed by atoms with Crippen LogP contribution >= 0.6 is 0 Å². The largest absolute Gasteiger partial charge is 0.374 e. The van der Waals surface area contributed by atoms with E-state index in [4.69, 9.17) is 0 Å². The maximum Gasteiger partial charge on any atom is 0.240 e. The summed E-state index contributed by atoms with van der Waals surface area (Å²) in [4.78, 5) is 14.7. The summed E-state index contributed by atoms with van der Waals surface area (Å²) in [7, 11) is 0.0366. The van der Waals surface area contributed by atoms with Gasteiger partial charge in [0.1, 0.15) is 0 Å². The van der Waals surface area contributed by atoms with Crippen molar-refractivity contribution in [3.63, 3.8) is 0 Å². The van der Waals surface area contributed by atoms with Gasteiger partial charge in [0.2, 0.25) is 15.9 Å². The number of carbonyl (C=O) groups excluding carboxylic acids is 1. The van der Waals surface area contributed by atoms with Crippen molar-refractivity contribution in [1.29, 1.82) is 0 Å². The van der Waals surface area contributed by atoms with E-state index >= 15 is 0 Å². The predicted octanol–water partition coefficient (Wildman–Crippen LogP) is 2.55. The molecule has 1 amide bonds. The zero-order valence-electron chi connectivity index (χ0n) is 15.7. The highest BCUT2D eigenvalue weighted by molar-refractivity contribution is 7.89. The van der Waals surface area contributed by atoms with E-state index in [0.717, 1.165) is 30.6 Å². The van der Waals surface area contributed by atoms with Crippen molar-refractivity contribution >= 4 is 27.3 Å². The molecule has 0 fully saturated rings. The van der Waals surface area contributed by atoms with Crippen LogP contribution in [0.3, 0.4) is 0 Å². The summed E-state index contributed by atoms with van der Waals surface area (Å²) >= 11 is 0. The number of hydrogen-bond acceptors (Lipinski definition) is 4.